The van der Waals surface area contributed by atoms with Gasteiger partial charge in [0.15, 0.2) is 6.61 Å². The molecule has 0 radical (unpaired) electrons. The summed E-state index contributed by atoms with van der Waals surface area (Å²) in [6.45, 7) is 0.0633. The lowest BCUT2D eigenvalue weighted by atomic mass is 10.0. The molecule has 1 aliphatic heterocycles. The first-order valence-electron chi connectivity index (χ1n) is 11.4. The third-order valence-corrected chi connectivity index (χ3v) is 5.84. The van der Waals surface area contributed by atoms with Gasteiger partial charge in [0, 0.05) is 12.6 Å². The zero-order chi connectivity index (χ0) is 24.9. The second kappa shape index (κ2) is 10.3. The number of rotatable bonds is 8. The van der Waals surface area contributed by atoms with Crippen LogP contribution in [0.15, 0.2) is 94.9 Å². The minimum Gasteiger partial charge on any atom is -0.497 e. The third kappa shape index (κ3) is 5.05. The summed E-state index contributed by atoms with van der Waals surface area (Å²) in [4.78, 5) is 25.6. The number of hydrazone groups is 1. The van der Waals surface area contributed by atoms with Gasteiger partial charge in [0.05, 0.1) is 37.4 Å². The molecule has 0 aliphatic carbocycles. The molecule has 1 aliphatic rings. The maximum atomic E-state index is 13.1. The SMILES string of the molecule is COc1ccc(C2=NN(C(=O)COC(=O)c3cnn(Cc4ccccc4)c3)C(c3ccco3)C2)cc1. The van der Waals surface area contributed by atoms with Crippen LogP contribution in [-0.2, 0) is 16.1 Å². The van der Waals surface area contributed by atoms with E-state index in [1.165, 1.54) is 11.2 Å². The molecular weight excluding hydrogens is 460 g/mol. The van der Waals surface area contributed by atoms with Gasteiger partial charge in [-0.2, -0.15) is 10.2 Å². The highest BCUT2D eigenvalue weighted by atomic mass is 16.5. The second-order valence-electron chi connectivity index (χ2n) is 8.24. The molecule has 182 valence electrons. The molecule has 3 heterocycles. The number of esters is 1. The van der Waals surface area contributed by atoms with Crippen LogP contribution in [0.5, 0.6) is 5.75 Å². The summed E-state index contributed by atoms with van der Waals surface area (Å²) in [5.74, 6) is 0.247. The number of nitrogens with zero attached hydrogens (tertiary/aromatic N) is 4. The number of benzene rings is 2. The van der Waals surface area contributed by atoms with E-state index in [1.807, 2.05) is 54.6 Å². The Morgan fingerprint density at radius 3 is 2.58 bits per heavy atom. The quantitative estimate of drug-likeness (QED) is 0.350. The topological polar surface area (TPSA) is 99.2 Å². The van der Waals surface area contributed by atoms with Gasteiger partial charge >= 0.3 is 5.97 Å². The predicted molar refractivity (Wildman–Crippen MR) is 130 cm³/mol. The van der Waals surface area contributed by atoms with Crippen LogP contribution in [0.25, 0.3) is 0 Å². The minimum absolute atomic E-state index is 0.269. The number of carbonyl (C=O) groups is 2. The lowest BCUT2D eigenvalue weighted by Gasteiger charge is -2.19. The van der Waals surface area contributed by atoms with Crippen LogP contribution in [0, 0.1) is 0 Å². The lowest BCUT2D eigenvalue weighted by molar-refractivity contribution is -0.136. The first-order chi connectivity index (χ1) is 17.6. The van der Waals surface area contributed by atoms with Crippen LogP contribution < -0.4 is 4.74 Å². The molecule has 2 aromatic heterocycles. The van der Waals surface area contributed by atoms with Crippen molar-refractivity contribution in [3.63, 3.8) is 0 Å². The van der Waals surface area contributed by atoms with Gasteiger partial charge in [-0.25, -0.2) is 9.80 Å². The van der Waals surface area contributed by atoms with Crippen molar-refractivity contribution >= 4 is 17.6 Å². The Balaban J connectivity index is 1.26. The monoisotopic (exact) mass is 484 g/mol. The fourth-order valence-corrected chi connectivity index (χ4v) is 4.00. The zero-order valence-electron chi connectivity index (χ0n) is 19.6. The summed E-state index contributed by atoms with van der Waals surface area (Å²) in [5.41, 5.74) is 2.91. The maximum Gasteiger partial charge on any atom is 0.341 e. The number of ether oxygens (including phenoxy) is 2. The largest absolute Gasteiger partial charge is 0.497 e. The van der Waals surface area contributed by atoms with E-state index in [4.69, 9.17) is 13.9 Å². The van der Waals surface area contributed by atoms with Crippen molar-refractivity contribution in [3.8, 4) is 5.75 Å². The van der Waals surface area contributed by atoms with Gasteiger partial charge in [0.1, 0.15) is 17.6 Å². The zero-order valence-corrected chi connectivity index (χ0v) is 19.6. The molecule has 1 unspecified atom stereocenters. The van der Waals surface area contributed by atoms with Crippen LogP contribution in [0.2, 0.25) is 0 Å². The molecule has 0 bridgehead atoms. The van der Waals surface area contributed by atoms with Crippen molar-refractivity contribution in [2.75, 3.05) is 13.7 Å². The van der Waals surface area contributed by atoms with Crippen molar-refractivity contribution < 1.29 is 23.5 Å². The second-order valence-corrected chi connectivity index (χ2v) is 8.24. The van der Waals surface area contributed by atoms with Crippen LogP contribution in [0.4, 0.5) is 0 Å². The van der Waals surface area contributed by atoms with Gasteiger partial charge in [-0.05, 0) is 47.5 Å². The number of amides is 1. The van der Waals surface area contributed by atoms with Gasteiger partial charge in [0.2, 0.25) is 0 Å². The Labute approximate surface area is 207 Å². The van der Waals surface area contributed by atoms with E-state index < -0.39 is 24.5 Å². The maximum absolute atomic E-state index is 13.1. The summed E-state index contributed by atoms with van der Waals surface area (Å²) >= 11 is 0. The Morgan fingerprint density at radius 1 is 1.06 bits per heavy atom. The van der Waals surface area contributed by atoms with Crippen LogP contribution in [-0.4, -0.2) is 46.1 Å². The molecule has 36 heavy (non-hydrogen) atoms. The van der Waals surface area contributed by atoms with Crippen molar-refractivity contribution in [1.82, 2.24) is 14.8 Å². The highest BCUT2D eigenvalue weighted by Gasteiger charge is 2.35. The number of methoxy groups -OCH3 is 1. The standard InChI is InChI=1S/C27H24N4O5/c1-34-22-11-9-20(10-12-22)23-14-24(25-8-5-13-35-25)31(29-23)26(32)18-36-27(33)21-15-28-30(17-21)16-19-6-3-2-4-7-19/h2-13,15,17,24H,14,16,18H2,1H3. The van der Waals surface area contributed by atoms with Gasteiger partial charge in [-0.15, -0.1) is 0 Å². The smallest absolute Gasteiger partial charge is 0.341 e. The normalized spacial score (nSPS) is 15.0. The van der Waals surface area contributed by atoms with E-state index >= 15 is 0 Å². The molecule has 5 rings (SSSR count). The van der Waals surface area contributed by atoms with E-state index in [0.29, 0.717) is 18.7 Å². The fraction of sp³-hybridized carbons (Fsp3) is 0.185. The van der Waals surface area contributed by atoms with Gasteiger partial charge in [0.25, 0.3) is 5.91 Å². The molecule has 0 N–H and O–H groups in total. The number of furan rings is 1. The van der Waals surface area contributed by atoms with Crippen LogP contribution >= 0.6 is 0 Å². The average molecular weight is 485 g/mol. The molecule has 0 saturated heterocycles. The molecule has 0 spiro atoms. The molecule has 2 aromatic carbocycles. The molecule has 0 saturated carbocycles. The lowest BCUT2D eigenvalue weighted by Crippen LogP contribution is -2.31. The summed E-state index contributed by atoms with van der Waals surface area (Å²) in [6.07, 6.45) is 5.04. The predicted octanol–water partition coefficient (Wildman–Crippen LogP) is 4.07. The molecule has 0 fully saturated rings. The summed E-state index contributed by atoms with van der Waals surface area (Å²) in [7, 11) is 1.60. The number of hydrogen-bond donors (Lipinski definition) is 0. The summed E-state index contributed by atoms with van der Waals surface area (Å²) in [6, 6.07) is 20.3. The molecule has 4 aromatic rings. The molecule has 1 amide bonds. The fourth-order valence-electron chi connectivity index (χ4n) is 4.00. The molecular formula is C27H24N4O5. The summed E-state index contributed by atoms with van der Waals surface area (Å²) in [5, 5.41) is 10.1. The highest BCUT2D eigenvalue weighted by molar-refractivity contribution is 6.03. The third-order valence-electron chi connectivity index (χ3n) is 5.84. The molecule has 9 nitrogen and oxygen atoms in total. The van der Waals surface area contributed by atoms with Gasteiger partial charge in [-0.1, -0.05) is 30.3 Å². The Kier molecular flexibility index (Phi) is 6.61. The number of aromatic nitrogens is 2. The van der Waals surface area contributed by atoms with Gasteiger partial charge in [-0.3, -0.25) is 9.48 Å². The van der Waals surface area contributed by atoms with Crippen LogP contribution in [0.3, 0.4) is 0 Å². The van der Waals surface area contributed by atoms with Crippen molar-refractivity contribution in [2.45, 2.75) is 19.0 Å². The first-order valence-corrected chi connectivity index (χ1v) is 11.4. The van der Waals surface area contributed by atoms with E-state index in [9.17, 15) is 9.59 Å². The molecule has 9 heteroatoms. The van der Waals surface area contributed by atoms with E-state index in [2.05, 4.69) is 10.2 Å². The van der Waals surface area contributed by atoms with E-state index in [1.54, 1.807) is 36.4 Å². The minimum atomic E-state index is -0.629. The average Bonchev–Trinajstić information content (AvgIpc) is 3.69. The van der Waals surface area contributed by atoms with Crippen molar-refractivity contribution in [2.24, 2.45) is 5.10 Å². The van der Waals surface area contributed by atoms with E-state index in [0.717, 1.165) is 22.6 Å². The highest BCUT2D eigenvalue weighted by Crippen LogP contribution is 2.33. The molecule has 1 atom stereocenters. The van der Waals surface area contributed by atoms with E-state index in [-0.39, 0.29) is 5.56 Å². The number of carbonyl (C=O) groups excluding carboxylic acids is 2. The van der Waals surface area contributed by atoms with Crippen molar-refractivity contribution in [3.05, 3.63) is 108 Å². The van der Waals surface area contributed by atoms with Gasteiger partial charge < -0.3 is 13.9 Å². The number of hydrogen-bond acceptors (Lipinski definition) is 7. The Hall–Kier alpha value is -4.66. The Morgan fingerprint density at radius 2 is 1.86 bits per heavy atom. The van der Waals surface area contributed by atoms with Crippen molar-refractivity contribution in [1.29, 1.82) is 0 Å². The Bertz CT molecular complexity index is 1360. The first kappa shape index (κ1) is 23.1. The van der Waals surface area contributed by atoms with Crippen LogP contribution in [0.1, 0.15) is 39.7 Å². The summed E-state index contributed by atoms with van der Waals surface area (Å²) < 4.78 is 17.7.